The van der Waals surface area contributed by atoms with Crippen molar-refractivity contribution in [3.05, 3.63) is 35.6 Å². The molecule has 3 unspecified atom stereocenters. The summed E-state index contributed by atoms with van der Waals surface area (Å²) in [6.45, 7) is 5.41. The summed E-state index contributed by atoms with van der Waals surface area (Å²) in [5.74, 6) is 1.52. The molecule has 0 spiro atoms. The van der Waals surface area contributed by atoms with E-state index in [4.69, 9.17) is 0 Å². The van der Waals surface area contributed by atoms with Gasteiger partial charge in [-0.25, -0.2) is 4.39 Å². The number of nitrogens with one attached hydrogen (secondary N) is 1. The van der Waals surface area contributed by atoms with Crippen LogP contribution in [0.3, 0.4) is 0 Å². The van der Waals surface area contributed by atoms with E-state index in [2.05, 4.69) is 19.2 Å². The summed E-state index contributed by atoms with van der Waals surface area (Å²) in [5.41, 5.74) is 0.858. The third kappa shape index (κ3) is 4.05. The zero-order valence-corrected chi connectivity index (χ0v) is 12.9. The average Bonchev–Trinajstić information content (AvgIpc) is 2.49. The summed E-state index contributed by atoms with van der Waals surface area (Å²) in [6, 6.07) is 7.64. The fourth-order valence-electron chi connectivity index (χ4n) is 3.64. The van der Waals surface area contributed by atoms with Crippen molar-refractivity contribution in [1.82, 2.24) is 5.32 Å². The van der Waals surface area contributed by atoms with Crippen LogP contribution in [0.4, 0.5) is 4.39 Å². The number of hydrogen-bond acceptors (Lipinski definition) is 1. The highest BCUT2D eigenvalue weighted by Crippen LogP contribution is 2.34. The van der Waals surface area contributed by atoms with E-state index in [9.17, 15) is 4.39 Å². The maximum absolute atomic E-state index is 13.9. The molecule has 0 heterocycles. The van der Waals surface area contributed by atoms with Crippen molar-refractivity contribution in [2.75, 3.05) is 6.54 Å². The van der Waals surface area contributed by atoms with E-state index >= 15 is 0 Å². The van der Waals surface area contributed by atoms with Crippen molar-refractivity contribution < 1.29 is 4.39 Å². The zero-order chi connectivity index (χ0) is 14.4. The number of hydrogen-bond donors (Lipinski definition) is 1. The van der Waals surface area contributed by atoms with Gasteiger partial charge in [0.1, 0.15) is 5.82 Å². The first-order valence-corrected chi connectivity index (χ1v) is 8.21. The largest absolute Gasteiger partial charge is 0.314 e. The zero-order valence-electron chi connectivity index (χ0n) is 12.9. The van der Waals surface area contributed by atoms with Gasteiger partial charge in [-0.2, -0.15) is 0 Å². The van der Waals surface area contributed by atoms with Crippen molar-refractivity contribution >= 4 is 0 Å². The molecule has 0 radical (unpaired) electrons. The second-order valence-corrected chi connectivity index (χ2v) is 6.16. The van der Waals surface area contributed by atoms with Crippen molar-refractivity contribution in [1.29, 1.82) is 0 Å². The Morgan fingerprint density at radius 3 is 2.75 bits per heavy atom. The highest BCUT2D eigenvalue weighted by Gasteiger charge is 2.27. The van der Waals surface area contributed by atoms with E-state index < -0.39 is 0 Å². The summed E-state index contributed by atoms with van der Waals surface area (Å²) in [7, 11) is 0. The molecule has 1 fully saturated rings. The standard InChI is InChI=1S/C18H28FN/c1-3-14-8-7-10-16(12-14)18(20-4-2)13-15-9-5-6-11-17(15)19/h5-6,9,11,14,16,18,20H,3-4,7-8,10,12-13H2,1-2H3. The van der Waals surface area contributed by atoms with Crippen LogP contribution in [-0.2, 0) is 6.42 Å². The van der Waals surface area contributed by atoms with Crippen LogP contribution in [0.25, 0.3) is 0 Å². The molecule has 0 saturated heterocycles. The van der Waals surface area contributed by atoms with E-state index in [-0.39, 0.29) is 5.82 Å². The smallest absolute Gasteiger partial charge is 0.126 e. The Kier molecular flexibility index (Phi) is 6.03. The molecule has 1 aromatic rings. The molecule has 112 valence electrons. The summed E-state index contributed by atoms with van der Waals surface area (Å²) >= 11 is 0. The number of rotatable bonds is 6. The second kappa shape index (κ2) is 7.78. The Balaban J connectivity index is 2.04. The van der Waals surface area contributed by atoms with Gasteiger partial charge in [-0.05, 0) is 49.3 Å². The van der Waals surface area contributed by atoms with E-state index in [1.165, 1.54) is 32.1 Å². The molecule has 1 saturated carbocycles. The average molecular weight is 277 g/mol. The predicted molar refractivity (Wildman–Crippen MR) is 83.3 cm³/mol. The maximum atomic E-state index is 13.9. The summed E-state index contributed by atoms with van der Waals surface area (Å²) in [5, 5.41) is 3.61. The highest BCUT2D eigenvalue weighted by atomic mass is 19.1. The normalized spacial score (nSPS) is 24.6. The summed E-state index contributed by atoms with van der Waals surface area (Å²) < 4.78 is 13.9. The minimum absolute atomic E-state index is 0.0572. The topological polar surface area (TPSA) is 12.0 Å². The van der Waals surface area contributed by atoms with Gasteiger partial charge in [0, 0.05) is 6.04 Å². The molecule has 1 aliphatic carbocycles. The van der Waals surface area contributed by atoms with Crippen molar-refractivity contribution in [2.24, 2.45) is 11.8 Å². The van der Waals surface area contributed by atoms with Gasteiger partial charge < -0.3 is 5.32 Å². The Morgan fingerprint density at radius 1 is 1.25 bits per heavy atom. The molecule has 1 nitrogen and oxygen atoms in total. The first kappa shape index (κ1) is 15.5. The third-order valence-corrected chi connectivity index (χ3v) is 4.83. The van der Waals surface area contributed by atoms with Crippen molar-refractivity contribution in [3.8, 4) is 0 Å². The van der Waals surface area contributed by atoms with Gasteiger partial charge in [0.15, 0.2) is 0 Å². The lowest BCUT2D eigenvalue weighted by atomic mass is 9.75. The monoisotopic (exact) mass is 277 g/mol. The fourth-order valence-corrected chi connectivity index (χ4v) is 3.64. The number of likely N-dealkylation sites (N-methyl/N-ethyl adjacent to an activating group) is 1. The Hall–Kier alpha value is -0.890. The Bertz CT molecular complexity index is 404. The van der Waals surface area contributed by atoms with Crippen LogP contribution in [0, 0.1) is 17.7 Å². The summed E-state index contributed by atoms with van der Waals surface area (Å²) in [4.78, 5) is 0. The van der Waals surface area contributed by atoms with Gasteiger partial charge in [0.05, 0.1) is 0 Å². The molecule has 0 aromatic heterocycles. The molecular formula is C18H28FN. The molecule has 1 N–H and O–H groups in total. The SMILES string of the molecule is CCNC(Cc1ccccc1F)C1CCCC(CC)C1. The molecular weight excluding hydrogens is 249 g/mol. The van der Waals surface area contributed by atoms with E-state index in [1.54, 1.807) is 12.1 Å². The molecule has 20 heavy (non-hydrogen) atoms. The highest BCUT2D eigenvalue weighted by molar-refractivity contribution is 5.18. The lowest BCUT2D eigenvalue weighted by Gasteiger charge is -2.35. The molecule has 1 aromatic carbocycles. The van der Waals surface area contributed by atoms with Crippen LogP contribution in [0.2, 0.25) is 0 Å². The van der Waals surface area contributed by atoms with Gasteiger partial charge in [-0.1, -0.05) is 51.3 Å². The van der Waals surface area contributed by atoms with Crippen LogP contribution in [0.5, 0.6) is 0 Å². The molecule has 3 atom stereocenters. The van der Waals surface area contributed by atoms with Gasteiger partial charge in [0.2, 0.25) is 0 Å². The van der Waals surface area contributed by atoms with Crippen molar-refractivity contribution in [2.45, 2.75) is 58.4 Å². The fraction of sp³-hybridized carbons (Fsp3) is 0.667. The van der Waals surface area contributed by atoms with Crippen LogP contribution < -0.4 is 5.32 Å². The minimum atomic E-state index is -0.0572. The molecule has 0 bridgehead atoms. The quantitative estimate of drug-likeness (QED) is 0.803. The lowest BCUT2D eigenvalue weighted by Crippen LogP contribution is -2.40. The first-order chi connectivity index (χ1) is 9.74. The molecule has 0 amide bonds. The molecule has 0 aliphatic heterocycles. The predicted octanol–water partition coefficient (Wildman–Crippen LogP) is 4.56. The van der Waals surface area contributed by atoms with Gasteiger partial charge in [0.25, 0.3) is 0 Å². The molecule has 1 aliphatic rings. The summed E-state index contributed by atoms with van der Waals surface area (Å²) in [6.07, 6.45) is 7.43. The van der Waals surface area contributed by atoms with E-state index in [0.29, 0.717) is 12.0 Å². The van der Waals surface area contributed by atoms with E-state index in [0.717, 1.165) is 24.4 Å². The first-order valence-electron chi connectivity index (χ1n) is 8.21. The number of benzene rings is 1. The minimum Gasteiger partial charge on any atom is -0.314 e. The van der Waals surface area contributed by atoms with Crippen molar-refractivity contribution in [3.63, 3.8) is 0 Å². The number of halogens is 1. The molecule has 2 rings (SSSR count). The van der Waals surface area contributed by atoms with Gasteiger partial charge in [-0.3, -0.25) is 0 Å². The molecule has 2 heteroatoms. The Morgan fingerprint density at radius 2 is 2.05 bits per heavy atom. The second-order valence-electron chi connectivity index (χ2n) is 6.16. The van der Waals surface area contributed by atoms with Crippen LogP contribution in [0.1, 0.15) is 51.5 Å². The van der Waals surface area contributed by atoms with Crippen LogP contribution in [0.15, 0.2) is 24.3 Å². The maximum Gasteiger partial charge on any atom is 0.126 e. The lowest BCUT2D eigenvalue weighted by molar-refractivity contribution is 0.208. The third-order valence-electron chi connectivity index (χ3n) is 4.83. The van der Waals surface area contributed by atoms with Gasteiger partial charge >= 0.3 is 0 Å². The van der Waals surface area contributed by atoms with Gasteiger partial charge in [-0.15, -0.1) is 0 Å². The Labute approximate surface area is 123 Å². The van der Waals surface area contributed by atoms with E-state index in [1.807, 2.05) is 12.1 Å². The van der Waals surface area contributed by atoms with Crippen LogP contribution >= 0.6 is 0 Å². The van der Waals surface area contributed by atoms with Crippen LogP contribution in [-0.4, -0.2) is 12.6 Å².